The zero-order valence-electron chi connectivity index (χ0n) is 23.9. The largest absolute Gasteiger partial charge is 0.457 e. The molecule has 42 heavy (non-hydrogen) atoms. The average molecular weight is 569 g/mol. The van der Waals surface area contributed by atoms with E-state index in [0.29, 0.717) is 47.7 Å². The predicted octanol–water partition coefficient (Wildman–Crippen LogP) is 6.57. The van der Waals surface area contributed by atoms with E-state index < -0.39 is 11.4 Å². The number of fused-ring (bicyclic) bond motifs is 1. The van der Waals surface area contributed by atoms with Gasteiger partial charge in [-0.1, -0.05) is 24.6 Å². The molecule has 1 saturated carbocycles. The van der Waals surface area contributed by atoms with E-state index in [1.54, 1.807) is 35.0 Å². The van der Waals surface area contributed by atoms with Crippen LogP contribution in [0, 0.1) is 23.1 Å². The number of nitriles is 1. The lowest BCUT2D eigenvalue weighted by molar-refractivity contribution is -0.120. The number of carbonyl (C=O) groups is 1. The molecule has 2 aromatic carbocycles. The first-order chi connectivity index (χ1) is 20.2. The lowest BCUT2D eigenvalue weighted by atomic mass is 9.80. The van der Waals surface area contributed by atoms with Crippen molar-refractivity contribution in [2.75, 3.05) is 12.3 Å². The molecule has 0 saturated heterocycles. The van der Waals surface area contributed by atoms with E-state index in [1.165, 1.54) is 12.4 Å². The molecule has 1 aliphatic carbocycles. The van der Waals surface area contributed by atoms with Crippen molar-refractivity contribution in [1.29, 1.82) is 5.26 Å². The van der Waals surface area contributed by atoms with Gasteiger partial charge in [-0.3, -0.25) is 4.79 Å². The number of nitrogens with two attached hydrogens (primary N) is 1. The van der Waals surface area contributed by atoms with Crippen LogP contribution in [0.15, 0.2) is 66.5 Å². The summed E-state index contributed by atoms with van der Waals surface area (Å²) >= 11 is 0. The zero-order chi connectivity index (χ0) is 29.9. The van der Waals surface area contributed by atoms with E-state index >= 15 is 4.39 Å². The van der Waals surface area contributed by atoms with Crippen LogP contribution in [0.25, 0.3) is 22.3 Å². The Morgan fingerprint density at radius 3 is 2.69 bits per heavy atom. The van der Waals surface area contributed by atoms with Crippen LogP contribution in [-0.4, -0.2) is 37.7 Å². The van der Waals surface area contributed by atoms with Gasteiger partial charge in [0.25, 0.3) is 0 Å². The van der Waals surface area contributed by atoms with Crippen molar-refractivity contribution < 1.29 is 18.7 Å². The number of Topliss-reactive ketones (excluding diaryl/α,β-unsaturated/α-hetero) is 1. The Kier molecular flexibility index (Phi) is 8.31. The molecule has 0 radical (unpaired) electrons. The zero-order valence-corrected chi connectivity index (χ0v) is 23.9. The second-order valence-electron chi connectivity index (χ2n) is 10.9. The predicted molar refractivity (Wildman–Crippen MR) is 157 cm³/mol. The number of aromatic nitrogens is 4. The van der Waals surface area contributed by atoms with E-state index in [1.807, 2.05) is 39.0 Å². The van der Waals surface area contributed by atoms with Crippen molar-refractivity contribution in [2.45, 2.75) is 58.1 Å². The summed E-state index contributed by atoms with van der Waals surface area (Å²) in [7, 11) is 0. The molecule has 10 heteroatoms. The third kappa shape index (κ3) is 6.02. The number of rotatable bonds is 9. The third-order valence-electron chi connectivity index (χ3n) is 7.45. The van der Waals surface area contributed by atoms with Crippen molar-refractivity contribution in [1.82, 2.24) is 19.7 Å². The van der Waals surface area contributed by atoms with Crippen molar-refractivity contribution in [3.63, 3.8) is 0 Å². The number of ketones is 1. The summed E-state index contributed by atoms with van der Waals surface area (Å²) in [5, 5.41) is 15.0. The van der Waals surface area contributed by atoms with Crippen LogP contribution < -0.4 is 10.5 Å². The number of benzene rings is 2. The molecule has 0 bridgehead atoms. The minimum Gasteiger partial charge on any atom is -0.457 e. The number of anilines is 1. The van der Waals surface area contributed by atoms with Crippen molar-refractivity contribution >= 4 is 22.6 Å². The van der Waals surface area contributed by atoms with Crippen LogP contribution in [0.4, 0.5) is 10.2 Å². The molecule has 5 rings (SSSR count). The first kappa shape index (κ1) is 28.9. The molecule has 9 nitrogen and oxygen atoms in total. The molecule has 0 amide bonds. The number of carbonyl (C=O) groups excluding carboxylic acids is 1. The summed E-state index contributed by atoms with van der Waals surface area (Å²) in [6.45, 7) is 5.98. The molecule has 1 unspecified atom stereocenters. The molecule has 216 valence electrons. The fraction of sp³-hybridized carbons (Fsp3) is 0.344. The number of hydrogen-bond donors (Lipinski definition) is 1. The molecule has 2 N–H and O–H groups in total. The summed E-state index contributed by atoms with van der Waals surface area (Å²) in [6.07, 6.45) is 5.57. The summed E-state index contributed by atoms with van der Waals surface area (Å²) in [5.41, 5.74) is 6.65. The second-order valence-corrected chi connectivity index (χ2v) is 10.9. The molecule has 0 spiro atoms. The number of nitrogens with zero attached hydrogens (tertiary/aromatic N) is 5. The lowest BCUT2D eigenvalue weighted by Gasteiger charge is -2.29. The van der Waals surface area contributed by atoms with Gasteiger partial charge in [0.15, 0.2) is 11.4 Å². The number of halogens is 1. The Bertz CT molecular complexity index is 1680. The molecule has 1 fully saturated rings. The number of allylic oxidation sites excluding steroid dienone is 1. The molecule has 0 aliphatic heterocycles. The van der Waals surface area contributed by atoms with E-state index in [4.69, 9.17) is 20.3 Å². The topological polar surface area (TPSA) is 129 Å². The Morgan fingerprint density at radius 2 is 1.98 bits per heavy atom. The van der Waals surface area contributed by atoms with Crippen LogP contribution in [0.3, 0.4) is 0 Å². The first-order valence-electron chi connectivity index (χ1n) is 14.0. The van der Waals surface area contributed by atoms with Gasteiger partial charge in [0.05, 0.1) is 22.6 Å². The van der Waals surface area contributed by atoms with Crippen LogP contribution in [0.2, 0.25) is 0 Å². The second kappa shape index (κ2) is 12.1. The van der Waals surface area contributed by atoms with Crippen molar-refractivity contribution in [3.8, 4) is 28.8 Å². The Labute approximate surface area is 243 Å². The van der Waals surface area contributed by atoms with Gasteiger partial charge >= 0.3 is 0 Å². The standard InChI is InChI=1S/C32H33FN6O3/c1-4-41-32(2,3)17-21(18-34)29(40)20-9-8-10-22(15-20)39-31-27(30(35)36-19-37-31)28(38-39)25-14-13-24(16-26(25)33)42-23-11-6-5-7-12-23/h5-7,11-14,16-17,19-20,22H,4,8-10,15H2,1-3H3,(H2,35,36,37)/b21-17+/t20?,22-/m1/s1. The SMILES string of the molecule is CCOC(C)(C)/C=C(\C#N)C(=O)C1CCC[C@@H](n2nc(-c3ccc(Oc4ccccc4)cc3F)c3c(N)ncnc32)C1. The highest BCUT2D eigenvalue weighted by atomic mass is 19.1. The van der Waals surface area contributed by atoms with Crippen LogP contribution in [-0.2, 0) is 9.53 Å². The Hall–Kier alpha value is -4.62. The van der Waals surface area contributed by atoms with Gasteiger partial charge in [-0.05, 0) is 70.4 Å². The van der Waals surface area contributed by atoms with Crippen LogP contribution in [0.5, 0.6) is 11.5 Å². The number of ether oxygens (including phenoxy) is 2. The van der Waals surface area contributed by atoms with Gasteiger partial charge in [-0.2, -0.15) is 10.4 Å². The van der Waals surface area contributed by atoms with E-state index in [-0.39, 0.29) is 34.7 Å². The highest BCUT2D eigenvalue weighted by Gasteiger charge is 2.33. The number of hydrogen-bond acceptors (Lipinski definition) is 8. The van der Waals surface area contributed by atoms with E-state index in [9.17, 15) is 10.1 Å². The number of nitrogen functional groups attached to an aromatic ring is 1. The minimum atomic E-state index is -0.739. The molecule has 2 heterocycles. The van der Waals surface area contributed by atoms with Crippen molar-refractivity contribution in [3.05, 3.63) is 72.3 Å². The van der Waals surface area contributed by atoms with E-state index in [2.05, 4.69) is 16.0 Å². The third-order valence-corrected chi connectivity index (χ3v) is 7.45. The smallest absolute Gasteiger partial charge is 0.176 e. The van der Waals surface area contributed by atoms with E-state index in [0.717, 1.165) is 12.8 Å². The molecular weight excluding hydrogens is 535 g/mol. The molecule has 4 aromatic rings. The molecule has 2 aromatic heterocycles. The van der Waals surface area contributed by atoms with Gasteiger partial charge in [-0.15, -0.1) is 0 Å². The highest BCUT2D eigenvalue weighted by Crippen LogP contribution is 2.40. The first-order valence-corrected chi connectivity index (χ1v) is 14.0. The maximum Gasteiger partial charge on any atom is 0.176 e. The van der Waals surface area contributed by atoms with Crippen LogP contribution in [0.1, 0.15) is 52.5 Å². The van der Waals surface area contributed by atoms with Gasteiger partial charge in [0.2, 0.25) is 0 Å². The Morgan fingerprint density at radius 1 is 1.19 bits per heavy atom. The van der Waals surface area contributed by atoms with Crippen molar-refractivity contribution in [2.24, 2.45) is 5.92 Å². The highest BCUT2D eigenvalue weighted by molar-refractivity contribution is 6.01. The van der Waals surface area contributed by atoms with Crippen LogP contribution >= 0.6 is 0 Å². The summed E-state index contributed by atoms with van der Waals surface area (Å²) in [4.78, 5) is 22.0. The van der Waals surface area contributed by atoms with Gasteiger partial charge < -0.3 is 15.2 Å². The fourth-order valence-corrected chi connectivity index (χ4v) is 5.58. The summed E-state index contributed by atoms with van der Waals surface area (Å²) < 4.78 is 28.7. The normalized spacial score (nSPS) is 17.6. The maximum absolute atomic E-state index is 15.5. The van der Waals surface area contributed by atoms with Gasteiger partial charge in [0.1, 0.15) is 41.2 Å². The average Bonchev–Trinajstić information content (AvgIpc) is 3.37. The molecule has 1 aliphatic rings. The fourth-order valence-electron chi connectivity index (χ4n) is 5.58. The summed E-state index contributed by atoms with van der Waals surface area (Å²) in [5.74, 6) is 0.00496. The minimum absolute atomic E-state index is 0.0940. The lowest BCUT2D eigenvalue weighted by Crippen LogP contribution is -2.28. The number of para-hydroxylation sites is 1. The summed E-state index contributed by atoms with van der Waals surface area (Å²) in [6, 6.07) is 15.6. The molecular formula is C32H33FN6O3. The van der Waals surface area contributed by atoms with Gasteiger partial charge in [-0.25, -0.2) is 19.0 Å². The Balaban J connectivity index is 1.47. The molecule has 2 atom stereocenters. The quantitative estimate of drug-likeness (QED) is 0.177. The van der Waals surface area contributed by atoms with Gasteiger partial charge in [0, 0.05) is 24.2 Å². The maximum atomic E-state index is 15.5. The monoisotopic (exact) mass is 568 g/mol.